The van der Waals surface area contributed by atoms with Gasteiger partial charge in [0.15, 0.2) is 0 Å². The SMILES string of the molecule is CCCNCc1ccc(-c2ccccc2OCC)cc1Cl. The molecule has 0 amide bonds. The van der Waals surface area contributed by atoms with E-state index in [1.165, 1.54) is 0 Å². The van der Waals surface area contributed by atoms with Crippen LogP contribution in [0.3, 0.4) is 0 Å². The van der Waals surface area contributed by atoms with Gasteiger partial charge in [-0.3, -0.25) is 0 Å². The number of ether oxygens (including phenoxy) is 1. The van der Waals surface area contributed by atoms with Crippen molar-refractivity contribution in [2.45, 2.75) is 26.8 Å². The van der Waals surface area contributed by atoms with Crippen LogP contribution >= 0.6 is 11.6 Å². The lowest BCUT2D eigenvalue weighted by Gasteiger charge is -2.12. The van der Waals surface area contributed by atoms with Gasteiger partial charge >= 0.3 is 0 Å². The van der Waals surface area contributed by atoms with Crippen molar-refractivity contribution in [2.75, 3.05) is 13.2 Å². The Labute approximate surface area is 132 Å². The summed E-state index contributed by atoms with van der Waals surface area (Å²) in [4.78, 5) is 0. The normalized spacial score (nSPS) is 10.6. The Kier molecular flexibility index (Phi) is 6.09. The van der Waals surface area contributed by atoms with Gasteiger partial charge in [0.05, 0.1) is 6.61 Å². The zero-order chi connectivity index (χ0) is 15.1. The van der Waals surface area contributed by atoms with Crippen molar-refractivity contribution in [2.24, 2.45) is 0 Å². The lowest BCUT2D eigenvalue weighted by atomic mass is 10.0. The molecule has 0 radical (unpaired) electrons. The third kappa shape index (κ3) is 4.23. The minimum absolute atomic E-state index is 0.657. The number of benzene rings is 2. The lowest BCUT2D eigenvalue weighted by Crippen LogP contribution is -2.13. The molecule has 0 fully saturated rings. The van der Waals surface area contributed by atoms with Crippen LogP contribution in [0.15, 0.2) is 42.5 Å². The molecule has 2 aromatic carbocycles. The van der Waals surface area contributed by atoms with Crippen LogP contribution in [0.1, 0.15) is 25.8 Å². The zero-order valence-electron chi connectivity index (χ0n) is 12.7. The van der Waals surface area contributed by atoms with Crippen molar-refractivity contribution >= 4 is 11.6 Å². The molecular formula is C18H22ClNO. The van der Waals surface area contributed by atoms with E-state index in [1.54, 1.807) is 0 Å². The third-order valence-electron chi connectivity index (χ3n) is 3.29. The summed E-state index contributed by atoms with van der Waals surface area (Å²) in [5.74, 6) is 0.896. The number of hydrogen-bond acceptors (Lipinski definition) is 2. The second-order valence-electron chi connectivity index (χ2n) is 4.91. The molecule has 0 heterocycles. The molecule has 0 aromatic heterocycles. The molecule has 0 bridgehead atoms. The van der Waals surface area contributed by atoms with Gasteiger partial charge in [-0.2, -0.15) is 0 Å². The van der Waals surface area contributed by atoms with E-state index in [-0.39, 0.29) is 0 Å². The van der Waals surface area contributed by atoms with E-state index in [4.69, 9.17) is 16.3 Å². The summed E-state index contributed by atoms with van der Waals surface area (Å²) in [7, 11) is 0. The van der Waals surface area contributed by atoms with Crippen LogP contribution in [0.4, 0.5) is 0 Å². The maximum absolute atomic E-state index is 6.41. The predicted molar refractivity (Wildman–Crippen MR) is 90.1 cm³/mol. The first-order valence-electron chi connectivity index (χ1n) is 7.47. The largest absolute Gasteiger partial charge is 0.493 e. The Bertz CT molecular complexity index is 583. The predicted octanol–water partition coefficient (Wildman–Crippen LogP) is 4.91. The van der Waals surface area contributed by atoms with E-state index in [2.05, 4.69) is 30.4 Å². The highest BCUT2D eigenvalue weighted by molar-refractivity contribution is 6.31. The standard InChI is InChI=1S/C18H22ClNO/c1-3-11-20-13-15-10-9-14(12-17(15)19)16-7-5-6-8-18(16)21-4-2/h5-10,12,20H,3-4,11,13H2,1-2H3. The molecule has 0 aliphatic heterocycles. The van der Waals surface area contributed by atoms with Crippen molar-refractivity contribution in [1.82, 2.24) is 5.32 Å². The molecule has 1 N–H and O–H groups in total. The molecule has 2 nitrogen and oxygen atoms in total. The molecule has 0 saturated carbocycles. The Balaban J connectivity index is 2.23. The molecule has 0 saturated heterocycles. The molecule has 21 heavy (non-hydrogen) atoms. The molecule has 0 spiro atoms. The van der Waals surface area contributed by atoms with E-state index >= 15 is 0 Å². The lowest BCUT2D eigenvalue weighted by molar-refractivity contribution is 0.341. The van der Waals surface area contributed by atoms with Crippen molar-refractivity contribution in [3.05, 3.63) is 53.1 Å². The van der Waals surface area contributed by atoms with Crippen LogP contribution in [0.25, 0.3) is 11.1 Å². The summed E-state index contributed by atoms with van der Waals surface area (Å²) in [5.41, 5.74) is 3.29. The molecule has 0 aliphatic carbocycles. The van der Waals surface area contributed by atoms with Gasteiger partial charge in [-0.25, -0.2) is 0 Å². The molecule has 0 unspecified atom stereocenters. The number of nitrogens with one attached hydrogen (secondary N) is 1. The maximum atomic E-state index is 6.41. The number of halogens is 1. The maximum Gasteiger partial charge on any atom is 0.127 e. The van der Waals surface area contributed by atoms with E-state index in [0.717, 1.165) is 47.0 Å². The minimum Gasteiger partial charge on any atom is -0.493 e. The third-order valence-corrected chi connectivity index (χ3v) is 3.65. The summed E-state index contributed by atoms with van der Waals surface area (Å²) >= 11 is 6.41. The summed E-state index contributed by atoms with van der Waals surface area (Å²) in [6, 6.07) is 14.3. The van der Waals surface area contributed by atoms with Crippen LogP contribution in [-0.4, -0.2) is 13.2 Å². The number of hydrogen-bond donors (Lipinski definition) is 1. The highest BCUT2D eigenvalue weighted by atomic mass is 35.5. The van der Waals surface area contributed by atoms with Crippen LogP contribution in [0.5, 0.6) is 5.75 Å². The fourth-order valence-corrected chi connectivity index (χ4v) is 2.49. The van der Waals surface area contributed by atoms with E-state index < -0.39 is 0 Å². The van der Waals surface area contributed by atoms with Gasteiger partial charge in [-0.1, -0.05) is 48.9 Å². The van der Waals surface area contributed by atoms with Crippen molar-refractivity contribution in [3.8, 4) is 16.9 Å². The Hall–Kier alpha value is -1.51. The Morgan fingerprint density at radius 3 is 2.62 bits per heavy atom. The molecule has 2 rings (SSSR count). The second-order valence-corrected chi connectivity index (χ2v) is 5.32. The number of rotatable bonds is 7. The Morgan fingerprint density at radius 2 is 1.90 bits per heavy atom. The smallest absolute Gasteiger partial charge is 0.127 e. The summed E-state index contributed by atoms with van der Waals surface area (Å²) in [6.45, 7) is 6.61. The average Bonchev–Trinajstić information content (AvgIpc) is 2.50. The molecular weight excluding hydrogens is 282 g/mol. The van der Waals surface area contributed by atoms with Crippen LogP contribution in [-0.2, 0) is 6.54 Å². The van der Waals surface area contributed by atoms with E-state index in [1.807, 2.05) is 31.2 Å². The quantitative estimate of drug-likeness (QED) is 0.734. The molecule has 0 aliphatic rings. The van der Waals surface area contributed by atoms with Crippen LogP contribution in [0.2, 0.25) is 5.02 Å². The van der Waals surface area contributed by atoms with Gasteiger partial charge in [0.1, 0.15) is 5.75 Å². The summed E-state index contributed by atoms with van der Waals surface area (Å²) < 4.78 is 5.69. The first kappa shape index (κ1) is 15.9. The first-order chi connectivity index (χ1) is 10.3. The number of para-hydroxylation sites is 1. The van der Waals surface area contributed by atoms with E-state index in [9.17, 15) is 0 Å². The van der Waals surface area contributed by atoms with Gasteiger partial charge < -0.3 is 10.1 Å². The molecule has 0 atom stereocenters. The topological polar surface area (TPSA) is 21.3 Å². The highest BCUT2D eigenvalue weighted by Crippen LogP contribution is 2.32. The summed E-state index contributed by atoms with van der Waals surface area (Å²) in [5, 5.41) is 4.17. The fourth-order valence-electron chi connectivity index (χ4n) is 2.24. The van der Waals surface area contributed by atoms with Crippen molar-refractivity contribution in [1.29, 1.82) is 0 Å². The van der Waals surface area contributed by atoms with Gasteiger partial charge in [0, 0.05) is 17.1 Å². The highest BCUT2D eigenvalue weighted by Gasteiger charge is 2.08. The van der Waals surface area contributed by atoms with Crippen molar-refractivity contribution < 1.29 is 4.74 Å². The molecule has 3 heteroatoms. The minimum atomic E-state index is 0.657. The van der Waals surface area contributed by atoms with Crippen molar-refractivity contribution in [3.63, 3.8) is 0 Å². The molecule has 112 valence electrons. The van der Waals surface area contributed by atoms with Gasteiger partial charge in [0.25, 0.3) is 0 Å². The van der Waals surface area contributed by atoms with Gasteiger partial charge in [-0.05, 0) is 43.1 Å². The van der Waals surface area contributed by atoms with E-state index in [0.29, 0.717) is 6.61 Å². The zero-order valence-corrected chi connectivity index (χ0v) is 13.4. The average molecular weight is 304 g/mol. The summed E-state index contributed by atoms with van der Waals surface area (Å²) in [6.07, 6.45) is 1.12. The van der Waals surface area contributed by atoms with Crippen LogP contribution < -0.4 is 10.1 Å². The Morgan fingerprint density at radius 1 is 1.10 bits per heavy atom. The van der Waals surface area contributed by atoms with Crippen LogP contribution in [0, 0.1) is 0 Å². The second kappa shape index (κ2) is 8.06. The van der Waals surface area contributed by atoms with Gasteiger partial charge in [-0.15, -0.1) is 0 Å². The first-order valence-corrected chi connectivity index (χ1v) is 7.85. The van der Waals surface area contributed by atoms with Gasteiger partial charge in [0.2, 0.25) is 0 Å². The monoisotopic (exact) mass is 303 g/mol. The molecule has 2 aromatic rings. The fraction of sp³-hybridized carbons (Fsp3) is 0.333.